The van der Waals surface area contributed by atoms with Crippen LogP contribution in [0.25, 0.3) is 0 Å². The van der Waals surface area contributed by atoms with Gasteiger partial charge in [0.1, 0.15) is 0 Å². The molecule has 0 spiro atoms. The Balaban J connectivity index is 1.85. The summed E-state index contributed by atoms with van der Waals surface area (Å²) in [6, 6.07) is 0.731. The Morgan fingerprint density at radius 1 is 1.42 bits per heavy atom. The summed E-state index contributed by atoms with van der Waals surface area (Å²) in [4.78, 5) is 14.8. The zero-order chi connectivity index (χ0) is 13.7. The lowest BCUT2D eigenvalue weighted by Crippen LogP contribution is -2.51. The highest BCUT2D eigenvalue weighted by atomic mass is 32.2. The molecule has 2 atom stereocenters. The molecular weight excluding hydrogens is 258 g/mol. The van der Waals surface area contributed by atoms with Crippen molar-refractivity contribution < 1.29 is 4.79 Å². The minimum Gasteiger partial charge on any atom is -0.354 e. The molecule has 0 aliphatic carbocycles. The third-order valence-electron chi connectivity index (χ3n) is 4.34. The van der Waals surface area contributed by atoms with E-state index < -0.39 is 0 Å². The Kier molecular flexibility index (Phi) is 5.98. The molecule has 2 saturated heterocycles. The highest BCUT2D eigenvalue weighted by Crippen LogP contribution is 2.24. The van der Waals surface area contributed by atoms with Crippen LogP contribution < -0.4 is 10.6 Å². The van der Waals surface area contributed by atoms with Gasteiger partial charge in [-0.25, -0.2) is 0 Å². The summed E-state index contributed by atoms with van der Waals surface area (Å²) >= 11 is 1.80. The van der Waals surface area contributed by atoms with Crippen LogP contribution in [0.15, 0.2) is 0 Å². The number of hydrogen-bond acceptors (Lipinski definition) is 4. The minimum atomic E-state index is 0.122. The van der Waals surface area contributed by atoms with Crippen LogP contribution in [0.2, 0.25) is 0 Å². The van der Waals surface area contributed by atoms with Crippen molar-refractivity contribution in [3.05, 3.63) is 0 Å². The molecule has 0 saturated carbocycles. The van der Waals surface area contributed by atoms with E-state index in [4.69, 9.17) is 0 Å². The fourth-order valence-corrected chi connectivity index (χ4v) is 3.34. The molecule has 19 heavy (non-hydrogen) atoms. The molecule has 2 rings (SSSR count). The van der Waals surface area contributed by atoms with Gasteiger partial charge in [-0.2, -0.15) is 11.8 Å². The van der Waals surface area contributed by atoms with Gasteiger partial charge in [0.2, 0.25) is 5.91 Å². The number of nitrogens with one attached hydrogen (secondary N) is 2. The van der Waals surface area contributed by atoms with Crippen molar-refractivity contribution >= 4 is 17.7 Å². The first kappa shape index (κ1) is 15.1. The van der Waals surface area contributed by atoms with Gasteiger partial charge in [0.25, 0.3) is 0 Å². The van der Waals surface area contributed by atoms with Crippen LogP contribution in [0.5, 0.6) is 0 Å². The summed E-state index contributed by atoms with van der Waals surface area (Å²) in [5.41, 5.74) is 0. The Morgan fingerprint density at radius 3 is 2.84 bits per heavy atom. The topological polar surface area (TPSA) is 44.4 Å². The predicted molar refractivity (Wildman–Crippen MR) is 81.6 cm³/mol. The molecule has 2 aliphatic heterocycles. The first-order valence-electron chi connectivity index (χ1n) is 7.49. The van der Waals surface area contributed by atoms with E-state index in [-0.39, 0.29) is 11.9 Å². The molecule has 0 aromatic heterocycles. The van der Waals surface area contributed by atoms with Crippen LogP contribution >= 0.6 is 11.8 Å². The van der Waals surface area contributed by atoms with E-state index in [1.807, 2.05) is 0 Å². The van der Waals surface area contributed by atoms with Crippen molar-refractivity contribution in [1.29, 1.82) is 0 Å². The van der Waals surface area contributed by atoms with Gasteiger partial charge in [0, 0.05) is 17.8 Å². The number of piperidine rings is 1. The van der Waals surface area contributed by atoms with E-state index in [2.05, 4.69) is 28.7 Å². The fourth-order valence-electron chi connectivity index (χ4n) is 3.09. The smallest absolute Gasteiger partial charge is 0.237 e. The van der Waals surface area contributed by atoms with Crippen molar-refractivity contribution in [3.63, 3.8) is 0 Å². The van der Waals surface area contributed by atoms with Crippen molar-refractivity contribution in [2.24, 2.45) is 0 Å². The molecule has 4 nitrogen and oxygen atoms in total. The second kappa shape index (κ2) is 7.50. The Morgan fingerprint density at radius 2 is 2.16 bits per heavy atom. The minimum absolute atomic E-state index is 0.122. The lowest BCUT2D eigenvalue weighted by molar-refractivity contribution is -0.126. The Bertz CT molecular complexity index is 294. The number of nitrogens with zero attached hydrogens (tertiary/aromatic N) is 1. The highest BCUT2D eigenvalue weighted by Gasteiger charge is 2.35. The molecule has 5 heteroatoms. The van der Waals surface area contributed by atoms with E-state index in [0.29, 0.717) is 11.3 Å². The van der Waals surface area contributed by atoms with E-state index >= 15 is 0 Å². The van der Waals surface area contributed by atoms with Crippen LogP contribution in [-0.2, 0) is 4.79 Å². The third-order valence-corrected chi connectivity index (χ3v) is 5.31. The molecule has 2 fully saturated rings. The molecule has 2 aliphatic rings. The van der Waals surface area contributed by atoms with Gasteiger partial charge in [0.15, 0.2) is 0 Å². The SMILES string of the molecule is CSC(C)CNC(=O)C1CCCN1C1CCNCC1. The van der Waals surface area contributed by atoms with Crippen molar-refractivity contribution in [3.8, 4) is 0 Å². The van der Waals surface area contributed by atoms with E-state index in [1.54, 1.807) is 11.8 Å². The molecular formula is C14H27N3OS. The van der Waals surface area contributed by atoms with E-state index in [9.17, 15) is 4.79 Å². The van der Waals surface area contributed by atoms with Crippen LogP contribution in [0, 0.1) is 0 Å². The molecule has 2 unspecified atom stereocenters. The van der Waals surface area contributed by atoms with Gasteiger partial charge in [-0.3, -0.25) is 9.69 Å². The summed E-state index contributed by atoms with van der Waals surface area (Å²) in [6.45, 7) is 6.24. The average Bonchev–Trinajstić information content (AvgIpc) is 2.94. The second-order valence-electron chi connectivity index (χ2n) is 5.67. The standard InChI is InChI=1S/C14H27N3OS/c1-11(19-2)10-16-14(18)13-4-3-9-17(13)12-5-7-15-8-6-12/h11-13,15H,3-10H2,1-2H3,(H,16,18). The third kappa shape index (κ3) is 4.10. The van der Waals surface area contributed by atoms with Crippen molar-refractivity contribution in [2.75, 3.05) is 32.4 Å². The monoisotopic (exact) mass is 285 g/mol. The first-order valence-corrected chi connectivity index (χ1v) is 8.78. The van der Waals surface area contributed by atoms with Gasteiger partial charge >= 0.3 is 0 Å². The van der Waals surface area contributed by atoms with Crippen molar-refractivity contribution in [1.82, 2.24) is 15.5 Å². The molecule has 2 heterocycles. The summed E-state index contributed by atoms with van der Waals surface area (Å²) in [7, 11) is 0. The van der Waals surface area contributed by atoms with Crippen LogP contribution in [-0.4, -0.2) is 60.6 Å². The molecule has 0 radical (unpaired) electrons. The quantitative estimate of drug-likeness (QED) is 0.793. The van der Waals surface area contributed by atoms with Crippen LogP contribution in [0.4, 0.5) is 0 Å². The van der Waals surface area contributed by atoms with E-state index in [0.717, 1.165) is 32.6 Å². The summed E-state index contributed by atoms with van der Waals surface area (Å²) in [6.07, 6.45) is 6.66. The van der Waals surface area contributed by atoms with Gasteiger partial charge in [-0.1, -0.05) is 6.92 Å². The number of carbonyl (C=O) groups excluding carboxylic acids is 1. The maximum absolute atomic E-state index is 12.3. The maximum atomic E-state index is 12.3. The lowest BCUT2D eigenvalue weighted by Gasteiger charge is -2.35. The fraction of sp³-hybridized carbons (Fsp3) is 0.929. The molecule has 0 bridgehead atoms. The van der Waals surface area contributed by atoms with Crippen LogP contribution in [0.3, 0.4) is 0 Å². The number of thioether (sulfide) groups is 1. The number of amides is 1. The molecule has 2 N–H and O–H groups in total. The first-order chi connectivity index (χ1) is 9.22. The maximum Gasteiger partial charge on any atom is 0.237 e. The van der Waals surface area contributed by atoms with Crippen LogP contribution in [0.1, 0.15) is 32.6 Å². The normalized spacial score (nSPS) is 27.4. The van der Waals surface area contributed by atoms with E-state index in [1.165, 1.54) is 19.3 Å². The summed E-state index contributed by atoms with van der Waals surface area (Å²) < 4.78 is 0. The largest absolute Gasteiger partial charge is 0.354 e. The Labute approximate surface area is 121 Å². The average molecular weight is 285 g/mol. The summed E-state index contributed by atoms with van der Waals surface area (Å²) in [5, 5.41) is 7.03. The number of likely N-dealkylation sites (tertiary alicyclic amines) is 1. The van der Waals surface area contributed by atoms with Gasteiger partial charge in [0.05, 0.1) is 6.04 Å². The molecule has 1 amide bonds. The Hall–Kier alpha value is -0.260. The second-order valence-corrected chi connectivity index (χ2v) is 6.94. The predicted octanol–water partition coefficient (Wildman–Crippen LogP) is 1.07. The van der Waals surface area contributed by atoms with Gasteiger partial charge in [-0.05, 0) is 51.6 Å². The molecule has 110 valence electrons. The van der Waals surface area contributed by atoms with Crippen molar-refractivity contribution in [2.45, 2.75) is 49.9 Å². The highest BCUT2D eigenvalue weighted by molar-refractivity contribution is 7.99. The molecule has 0 aromatic rings. The lowest BCUT2D eigenvalue weighted by atomic mass is 10.0. The molecule has 0 aromatic carbocycles. The van der Waals surface area contributed by atoms with Gasteiger partial charge in [-0.15, -0.1) is 0 Å². The zero-order valence-corrected chi connectivity index (χ0v) is 13.0. The zero-order valence-electron chi connectivity index (χ0n) is 12.2. The summed E-state index contributed by atoms with van der Waals surface area (Å²) in [5.74, 6) is 0.247. The number of rotatable bonds is 5. The number of carbonyl (C=O) groups is 1. The number of hydrogen-bond donors (Lipinski definition) is 2. The van der Waals surface area contributed by atoms with Gasteiger partial charge < -0.3 is 10.6 Å².